The summed E-state index contributed by atoms with van der Waals surface area (Å²) >= 11 is 0. The second-order valence-corrected chi connectivity index (χ2v) is 4.28. The Morgan fingerprint density at radius 1 is 0.950 bits per heavy atom. The number of para-hydroxylation sites is 1. The van der Waals surface area contributed by atoms with Crippen LogP contribution in [0.15, 0.2) is 54.6 Å². The van der Waals surface area contributed by atoms with Crippen LogP contribution in [-0.2, 0) is 6.54 Å². The molecule has 0 aliphatic heterocycles. The van der Waals surface area contributed by atoms with Crippen molar-refractivity contribution in [1.29, 1.82) is 0 Å². The lowest BCUT2D eigenvalue weighted by Gasteiger charge is -2.08. The number of tetrazole rings is 1. The fourth-order valence-electron chi connectivity index (χ4n) is 1.83. The monoisotopic (exact) mass is 266 g/mol. The number of benzene rings is 2. The van der Waals surface area contributed by atoms with Crippen molar-refractivity contribution in [2.45, 2.75) is 6.54 Å². The van der Waals surface area contributed by atoms with Gasteiger partial charge in [0.15, 0.2) is 0 Å². The average Bonchev–Trinajstić information content (AvgIpc) is 3.03. The van der Waals surface area contributed by atoms with Crippen molar-refractivity contribution in [3.8, 4) is 11.4 Å². The highest BCUT2D eigenvalue weighted by Gasteiger charge is 2.01. The number of aromatic amines is 1. The van der Waals surface area contributed by atoms with Crippen LogP contribution in [0.4, 0.5) is 5.69 Å². The van der Waals surface area contributed by atoms with Crippen LogP contribution in [0.2, 0.25) is 0 Å². The van der Waals surface area contributed by atoms with E-state index in [1.807, 2.05) is 54.6 Å². The van der Waals surface area contributed by atoms with Crippen LogP contribution in [0.25, 0.3) is 11.4 Å². The third kappa shape index (κ3) is 2.99. The molecule has 6 heteroatoms. The smallest absolute Gasteiger partial charge is 0.204 e. The molecule has 0 atom stereocenters. The van der Waals surface area contributed by atoms with E-state index in [9.17, 15) is 0 Å². The van der Waals surface area contributed by atoms with Gasteiger partial charge < -0.3 is 5.43 Å². The maximum absolute atomic E-state index is 3.94. The van der Waals surface area contributed by atoms with Gasteiger partial charge in [-0.2, -0.15) is 5.21 Å². The van der Waals surface area contributed by atoms with Crippen molar-refractivity contribution < 1.29 is 0 Å². The Kier molecular flexibility index (Phi) is 3.66. The summed E-state index contributed by atoms with van der Waals surface area (Å²) in [5, 5.41) is 13.9. The summed E-state index contributed by atoms with van der Waals surface area (Å²) in [6.45, 7) is 0.724. The third-order valence-electron chi connectivity index (χ3n) is 2.86. The lowest BCUT2D eigenvalue weighted by molar-refractivity contribution is 0.801. The zero-order chi connectivity index (χ0) is 13.6. The number of anilines is 1. The second kappa shape index (κ2) is 5.94. The molecule has 0 spiro atoms. The van der Waals surface area contributed by atoms with E-state index < -0.39 is 0 Å². The van der Waals surface area contributed by atoms with Crippen LogP contribution >= 0.6 is 0 Å². The molecule has 0 saturated carbocycles. The Hall–Kier alpha value is -2.73. The van der Waals surface area contributed by atoms with E-state index in [1.54, 1.807) is 0 Å². The maximum atomic E-state index is 3.94. The molecule has 0 fully saturated rings. The lowest BCUT2D eigenvalue weighted by Crippen LogP contribution is -2.20. The molecule has 0 saturated heterocycles. The molecule has 100 valence electrons. The summed E-state index contributed by atoms with van der Waals surface area (Å²) in [4.78, 5) is 0. The molecule has 20 heavy (non-hydrogen) atoms. The molecule has 0 amide bonds. The van der Waals surface area contributed by atoms with Crippen molar-refractivity contribution in [3.05, 3.63) is 60.2 Å². The maximum Gasteiger partial charge on any atom is 0.204 e. The van der Waals surface area contributed by atoms with Gasteiger partial charge in [0, 0.05) is 17.8 Å². The summed E-state index contributed by atoms with van der Waals surface area (Å²) < 4.78 is 0. The predicted molar refractivity (Wildman–Crippen MR) is 76.5 cm³/mol. The van der Waals surface area contributed by atoms with Crippen LogP contribution in [0, 0.1) is 0 Å². The SMILES string of the molecule is c1ccc(NNCc2ccc(-c3nn[nH]n3)cc2)cc1. The predicted octanol–water partition coefficient (Wildman–Crippen LogP) is 1.98. The summed E-state index contributed by atoms with van der Waals surface area (Å²) in [6.07, 6.45) is 0. The molecule has 3 aromatic rings. The first-order valence-electron chi connectivity index (χ1n) is 6.28. The summed E-state index contributed by atoms with van der Waals surface area (Å²) in [5.74, 6) is 0.604. The van der Waals surface area contributed by atoms with Gasteiger partial charge in [0.05, 0.1) is 0 Å². The molecule has 2 aromatic carbocycles. The number of aromatic nitrogens is 4. The van der Waals surface area contributed by atoms with Gasteiger partial charge in [-0.15, -0.1) is 10.2 Å². The summed E-state index contributed by atoms with van der Waals surface area (Å²) in [6, 6.07) is 18.0. The first-order chi connectivity index (χ1) is 9.92. The van der Waals surface area contributed by atoms with E-state index >= 15 is 0 Å². The quantitative estimate of drug-likeness (QED) is 0.615. The molecule has 0 bridgehead atoms. The molecule has 0 unspecified atom stereocenters. The van der Waals surface area contributed by atoms with E-state index in [4.69, 9.17) is 0 Å². The Balaban J connectivity index is 1.56. The normalized spacial score (nSPS) is 10.4. The van der Waals surface area contributed by atoms with Gasteiger partial charge in [-0.25, -0.2) is 5.43 Å². The van der Waals surface area contributed by atoms with Gasteiger partial charge in [0.25, 0.3) is 0 Å². The summed E-state index contributed by atoms with van der Waals surface area (Å²) in [5.41, 5.74) is 9.47. The minimum absolute atomic E-state index is 0.604. The number of hydrogen-bond donors (Lipinski definition) is 3. The number of hydrogen-bond acceptors (Lipinski definition) is 5. The number of H-pyrrole nitrogens is 1. The first kappa shape index (κ1) is 12.3. The molecule has 3 N–H and O–H groups in total. The van der Waals surface area contributed by atoms with Crippen LogP contribution < -0.4 is 10.9 Å². The number of rotatable bonds is 5. The minimum Gasteiger partial charge on any atom is -0.321 e. The molecule has 1 aromatic heterocycles. The minimum atomic E-state index is 0.604. The zero-order valence-corrected chi connectivity index (χ0v) is 10.7. The van der Waals surface area contributed by atoms with E-state index in [-0.39, 0.29) is 0 Å². The average molecular weight is 266 g/mol. The van der Waals surface area contributed by atoms with Gasteiger partial charge >= 0.3 is 0 Å². The molecule has 0 aliphatic rings. The van der Waals surface area contributed by atoms with Crippen LogP contribution in [0.1, 0.15) is 5.56 Å². The largest absolute Gasteiger partial charge is 0.321 e. The molecular formula is C14H14N6. The highest BCUT2D eigenvalue weighted by molar-refractivity contribution is 5.54. The van der Waals surface area contributed by atoms with Gasteiger partial charge in [0.2, 0.25) is 5.82 Å². The van der Waals surface area contributed by atoms with E-state index in [2.05, 4.69) is 31.5 Å². The Labute approximate surface area is 116 Å². The van der Waals surface area contributed by atoms with Crippen LogP contribution in [0.3, 0.4) is 0 Å². The number of hydrazine groups is 1. The fraction of sp³-hybridized carbons (Fsp3) is 0.0714. The van der Waals surface area contributed by atoms with Crippen LogP contribution in [0.5, 0.6) is 0 Å². The van der Waals surface area contributed by atoms with Gasteiger partial charge in [-0.3, -0.25) is 0 Å². The van der Waals surface area contributed by atoms with Crippen molar-refractivity contribution in [1.82, 2.24) is 26.0 Å². The van der Waals surface area contributed by atoms with E-state index in [0.29, 0.717) is 5.82 Å². The molecule has 0 aliphatic carbocycles. The van der Waals surface area contributed by atoms with Gasteiger partial charge in [0.1, 0.15) is 0 Å². The second-order valence-electron chi connectivity index (χ2n) is 4.28. The summed E-state index contributed by atoms with van der Waals surface area (Å²) in [7, 11) is 0. The van der Waals surface area contributed by atoms with Crippen molar-refractivity contribution in [2.24, 2.45) is 0 Å². The Bertz CT molecular complexity index is 633. The topological polar surface area (TPSA) is 78.5 Å². The zero-order valence-electron chi connectivity index (χ0n) is 10.7. The Morgan fingerprint density at radius 3 is 2.45 bits per heavy atom. The molecule has 3 rings (SSSR count). The van der Waals surface area contributed by atoms with Crippen LogP contribution in [-0.4, -0.2) is 20.6 Å². The van der Waals surface area contributed by atoms with Gasteiger partial charge in [-0.1, -0.05) is 42.5 Å². The molecule has 0 radical (unpaired) electrons. The number of nitrogens with one attached hydrogen (secondary N) is 3. The lowest BCUT2D eigenvalue weighted by atomic mass is 10.1. The van der Waals surface area contributed by atoms with E-state index in [1.165, 1.54) is 5.56 Å². The van der Waals surface area contributed by atoms with E-state index in [0.717, 1.165) is 17.8 Å². The number of nitrogens with zero attached hydrogens (tertiary/aromatic N) is 3. The standard InChI is InChI=1S/C14H14N6/c1-2-4-13(5-3-1)16-15-10-11-6-8-12(9-7-11)14-17-19-20-18-14/h1-9,15-16H,10H2,(H,17,18,19,20). The molecular weight excluding hydrogens is 252 g/mol. The third-order valence-corrected chi connectivity index (χ3v) is 2.86. The van der Waals surface area contributed by atoms with Crippen molar-refractivity contribution >= 4 is 5.69 Å². The van der Waals surface area contributed by atoms with Crippen molar-refractivity contribution in [2.75, 3.05) is 5.43 Å². The molecule has 1 heterocycles. The van der Waals surface area contributed by atoms with Crippen molar-refractivity contribution in [3.63, 3.8) is 0 Å². The highest BCUT2D eigenvalue weighted by atomic mass is 15.5. The Morgan fingerprint density at radius 2 is 1.75 bits per heavy atom. The van der Waals surface area contributed by atoms with Gasteiger partial charge in [-0.05, 0) is 22.9 Å². The fourth-order valence-corrected chi connectivity index (χ4v) is 1.83. The highest BCUT2D eigenvalue weighted by Crippen LogP contribution is 2.13. The molecule has 6 nitrogen and oxygen atoms in total. The first-order valence-corrected chi connectivity index (χ1v) is 6.28.